The molecule has 0 fully saturated rings. The standard InChI is InChI=1S/C20H22N4/c1-14-8-15(2)10-18(9-14)24-20-11-19(22-13-23-20)21-12-17-7-5-4-6-16(17)3/h4-11,13H,12H2,1-3H3,(H2,21,22,23,24). The summed E-state index contributed by atoms with van der Waals surface area (Å²) in [5.41, 5.74) is 6.03. The van der Waals surface area contributed by atoms with E-state index in [1.165, 1.54) is 22.3 Å². The molecule has 2 N–H and O–H groups in total. The van der Waals surface area contributed by atoms with Crippen LogP contribution in [-0.4, -0.2) is 9.97 Å². The molecule has 0 aliphatic heterocycles. The number of hydrogen-bond donors (Lipinski definition) is 2. The van der Waals surface area contributed by atoms with Crippen LogP contribution in [0.2, 0.25) is 0 Å². The molecule has 4 nitrogen and oxygen atoms in total. The third-order valence-corrected chi connectivity index (χ3v) is 3.88. The minimum absolute atomic E-state index is 0.743. The first-order valence-electron chi connectivity index (χ1n) is 8.06. The number of nitrogens with one attached hydrogen (secondary N) is 2. The Balaban J connectivity index is 1.71. The van der Waals surface area contributed by atoms with E-state index in [1.54, 1.807) is 6.33 Å². The van der Waals surface area contributed by atoms with Gasteiger partial charge in [0.1, 0.15) is 18.0 Å². The van der Waals surface area contributed by atoms with Crippen molar-refractivity contribution in [1.82, 2.24) is 9.97 Å². The number of rotatable bonds is 5. The molecule has 0 aliphatic carbocycles. The van der Waals surface area contributed by atoms with Crippen molar-refractivity contribution < 1.29 is 0 Å². The molecule has 1 aromatic heterocycles. The van der Waals surface area contributed by atoms with Crippen LogP contribution in [0.1, 0.15) is 22.3 Å². The highest BCUT2D eigenvalue weighted by Crippen LogP contribution is 2.19. The van der Waals surface area contributed by atoms with E-state index in [4.69, 9.17) is 0 Å². The summed E-state index contributed by atoms with van der Waals surface area (Å²) in [7, 11) is 0. The molecule has 1 heterocycles. The third-order valence-electron chi connectivity index (χ3n) is 3.88. The first-order chi connectivity index (χ1) is 11.6. The van der Waals surface area contributed by atoms with Crippen molar-refractivity contribution in [2.24, 2.45) is 0 Å². The van der Waals surface area contributed by atoms with Gasteiger partial charge in [0.15, 0.2) is 0 Å². The van der Waals surface area contributed by atoms with Gasteiger partial charge in [-0.05, 0) is 55.2 Å². The molecule has 3 rings (SSSR count). The van der Waals surface area contributed by atoms with Crippen LogP contribution < -0.4 is 10.6 Å². The maximum atomic E-state index is 4.30. The van der Waals surface area contributed by atoms with Crippen LogP contribution in [0.15, 0.2) is 54.9 Å². The predicted molar refractivity (Wildman–Crippen MR) is 99.7 cm³/mol. The lowest BCUT2D eigenvalue weighted by Gasteiger charge is -2.11. The number of anilines is 3. The summed E-state index contributed by atoms with van der Waals surface area (Å²) in [5.74, 6) is 1.59. The fourth-order valence-corrected chi connectivity index (χ4v) is 2.71. The summed E-state index contributed by atoms with van der Waals surface area (Å²) in [6, 6.07) is 16.6. The minimum atomic E-state index is 0.743. The lowest BCUT2D eigenvalue weighted by atomic mass is 10.1. The van der Waals surface area contributed by atoms with Gasteiger partial charge in [0, 0.05) is 18.3 Å². The Morgan fingerprint density at radius 2 is 1.54 bits per heavy atom. The molecule has 2 aromatic carbocycles. The van der Waals surface area contributed by atoms with E-state index >= 15 is 0 Å². The monoisotopic (exact) mass is 318 g/mol. The lowest BCUT2D eigenvalue weighted by molar-refractivity contribution is 1.07. The van der Waals surface area contributed by atoms with Crippen molar-refractivity contribution in [3.63, 3.8) is 0 Å². The number of nitrogens with zero attached hydrogens (tertiary/aromatic N) is 2. The Kier molecular flexibility index (Phi) is 4.75. The minimum Gasteiger partial charge on any atom is -0.366 e. The molecule has 24 heavy (non-hydrogen) atoms. The Labute approximate surface area is 143 Å². The van der Waals surface area contributed by atoms with Gasteiger partial charge in [-0.3, -0.25) is 0 Å². The fraction of sp³-hybridized carbons (Fsp3) is 0.200. The SMILES string of the molecule is Cc1cc(C)cc(Nc2cc(NCc3ccccc3C)ncn2)c1. The molecule has 0 unspecified atom stereocenters. The number of hydrogen-bond acceptors (Lipinski definition) is 4. The molecule has 0 saturated heterocycles. The van der Waals surface area contributed by atoms with Gasteiger partial charge in [-0.2, -0.15) is 0 Å². The maximum absolute atomic E-state index is 4.30. The molecule has 122 valence electrons. The quantitative estimate of drug-likeness (QED) is 0.712. The molecule has 0 bridgehead atoms. The summed E-state index contributed by atoms with van der Waals surface area (Å²) in [5, 5.41) is 6.70. The second-order valence-corrected chi connectivity index (χ2v) is 6.07. The molecule has 0 spiro atoms. The van der Waals surface area contributed by atoms with Crippen LogP contribution in [0, 0.1) is 20.8 Å². The number of aryl methyl sites for hydroxylation is 3. The molecular formula is C20H22N4. The van der Waals surface area contributed by atoms with Crippen molar-refractivity contribution >= 4 is 17.3 Å². The van der Waals surface area contributed by atoms with Crippen LogP contribution in [0.4, 0.5) is 17.3 Å². The van der Waals surface area contributed by atoms with Gasteiger partial charge in [-0.25, -0.2) is 9.97 Å². The summed E-state index contributed by atoms with van der Waals surface area (Å²) < 4.78 is 0. The van der Waals surface area contributed by atoms with E-state index < -0.39 is 0 Å². The zero-order chi connectivity index (χ0) is 16.9. The van der Waals surface area contributed by atoms with Crippen molar-refractivity contribution in [2.45, 2.75) is 27.3 Å². The predicted octanol–water partition coefficient (Wildman–Crippen LogP) is 4.76. The third kappa shape index (κ3) is 4.10. The summed E-state index contributed by atoms with van der Waals surface area (Å²) in [6.45, 7) is 7.04. The molecule has 0 saturated carbocycles. The van der Waals surface area contributed by atoms with Gasteiger partial charge in [0.05, 0.1) is 0 Å². The van der Waals surface area contributed by atoms with Gasteiger partial charge in [0.2, 0.25) is 0 Å². The van der Waals surface area contributed by atoms with Crippen LogP contribution in [0.3, 0.4) is 0 Å². The van der Waals surface area contributed by atoms with Crippen molar-refractivity contribution in [1.29, 1.82) is 0 Å². The van der Waals surface area contributed by atoms with E-state index in [-0.39, 0.29) is 0 Å². The van der Waals surface area contributed by atoms with E-state index in [0.717, 1.165) is 23.9 Å². The van der Waals surface area contributed by atoms with Crippen molar-refractivity contribution in [3.8, 4) is 0 Å². The summed E-state index contributed by atoms with van der Waals surface area (Å²) in [6.07, 6.45) is 1.57. The summed E-state index contributed by atoms with van der Waals surface area (Å²) in [4.78, 5) is 8.60. The second-order valence-electron chi connectivity index (χ2n) is 6.07. The van der Waals surface area contributed by atoms with Crippen LogP contribution >= 0.6 is 0 Å². The Morgan fingerprint density at radius 3 is 2.29 bits per heavy atom. The highest BCUT2D eigenvalue weighted by Gasteiger charge is 2.02. The largest absolute Gasteiger partial charge is 0.366 e. The highest BCUT2D eigenvalue weighted by atomic mass is 15.1. The topological polar surface area (TPSA) is 49.8 Å². The summed E-state index contributed by atoms with van der Waals surface area (Å²) >= 11 is 0. The second kappa shape index (κ2) is 7.13. The zero-order valence-electron chi connectivity index (χ0n) is 14.3. The van der Waals surface area contributed by atoms with Crippen LogP contribution in [0.5, 0.6) is 0 Å². The number of aromatic nitrogens is 2. The smallest absolute Gasteiger partial charge is 0.135 e. The maximum Gasteiger partial charge on any atom is 0.135 e. The van der Waals surface area contributed by atoms with E-state index in [9.17, 15) is 0 Å². The first kappa shape index (κ1) is 16.0. The molecule has 0 aliphatic rings. The average Bonchev–Trinajstić information content (AvgIpc) is 2.53. The van der Waals surface area contributed by atoms with E-state index in [0.29, 0.717) is 0 Å². The fourth-order valence-electron chi connectivity index (χ4n) is 2.71. The van der Waals surface area contributed by atoms with Crippen molar-refractivity contribution in [3.05, 3.63) is 77.1 Å². The average molecular weight is 318 g/mol. The first-order valence-corrected chi connectivity index (χ1v) is 8.06. The Bertz CT molecular complexity index is 822. The molecule has 0 amide bonds. The zero-order valence-corrected chi connectivity index (χ0v) is 14.3. The van der Waals surface area contributed by atoms with Gasteiger partial charge in [-0.15, -0.1) is 0 Å². The van der Waals surface area contributed by atoms with E-state index in [2.05, 4.69) is 83.8 Å². The molecule has 3 aromatic rings. The lowest BCUT2D eigenvalue weighted by Crippen LogP contribution is -2.04. The van der Waals surface area contributed by atoms with E-state index in [1.807, 2.05) is 6.07 Å². The Hall–Kier alpha value is -2.88. The molecular weight excluding hydrogens is 296 g/mol. The number of benzene rings is 2. The van der Waals surface area contributed by atoms with Gasteiger partial charge < -0.3 is 10.6 Å². The highest BCUT2D eigenvalue weighted by molar-refractivity contribution is 5.60. The normalized spacial score (nSPS) is 10.5. The van der Waals surface area contributed by atoms with Crippen LogP contribution in [0.25, 0.3) is 0 Å². The van der Waals surface area contributed by atoms with Gasteiger partial charge >= 0.3 is 0 Å². The molecule has 0 radical (unpaired) electrons. The molecule has 4 heteroatoms. The van der Waals surface area contributed by atoms with Gasteiger partial charge in [-0.1, -0.05) is 30.3 Å². The van der Waals surface area contributed by atoms with Crippen molar-refractivity contribution in [2.75, 3.05) is 10.6 Å². The van der Waals surface area contributed by atoms with Gasteiger partial charge in [0.25, 0.3) is 0 Å². The Morgan fingerprint density at radius 1 is 0.833 bits per heavy atom. The van der Waals surface area contributed by atoms with Crippen LogP contribution in [-0.2, 0) is 6.54 Å². The molecule has 0 atom stereocenters.